The van der Waals surface area contributed by atoms with Gasteiger partial charge in [-0.2, -0.15) is 20.0 Å². The van der Waals surface area contributed by atoms with Gasteiger partial charge in [-0.25, -0.2) is 4.79 Å². The van der Waals surface area contributed by atoms with E-state index in [9.17, 15) is 83.6 Å². The molecule has 0 aliphatic carbocycles. The van der Waals surface area contributed by atoms with Crippen molar-refractivity contribution in [2.45, 2.75) is 58.6 Å². The van der Waals surface area contributed by atoms with Crippen LogP contribution in [0.2, 0.25) is 0 Å². The second-order valence-corrected chi connectivity index (χ2v) is 33.0. The number of carbonyl (C=O) groups is 9. The van der Waals surface area contributed by atoms with Crippen molar-refractivity contribution < 1.29 is 85.2 Å². The molecule has 4 aromatic carbocycles. The molecule has 0 radical (unpaired) electrons. The van der Waals surface area contributed by atoms with Gasteiger partial charge in [0.25, 0.3) is 46.4 Å². The summed E-state index contributed by atoms with van der Waals surface area (Å²) in [5.41, 5.74) is 0.320. The number of piperidine rings is 1. The van der Waals surface area contributed by atoms with E-state index in [1.54, 1.807) is 161 Å². The number of likely N-dealkylation sites (tertiary alicyclic amines) is 1. The van der Waals surface area contributed by atoms with Crippen LogP contribution in [0, 0.1) is 40.5 Å². The Labute approximate surface area is 728 Å². The van der Waals surface area contributed by atoms with Gasteiger partial charge in [0.05, 0.1) is 81.2 Å². The summed E-state index contributed by atoms with van der Waals surface area (Å²) in [5, 5.41) is 58.4. The van der Waals surface area contributed by atoms with Gasteiger partial charge in [-0.1, -0.05) is 55.0 Å². The van der Waals surface area contributed by atoms with Crippen LogP contribution in [0.4, 0.5) is 27.5 Å². The van der Waals surface area contributed by atoms with Crippen LogP contribution in [-0.4, -0.2) is 205 Å². The number of aliphatic imine (C=N–C) groups is 4. The quantitative estimate of drug-likeness (QED) is 0.0269. The van der Waals surface area contributed by atoms with E-state index in [0.717, 1.165) is 99.2 Å². The number of hydrogen-bond acceptors (Lipinski definition) is 30. The summed E-state index contributed by atoms with van der Waals surface area (Å²) in [6.07, 6.45) is 8.55. The van der Waals surface area contributed by atoms with Crippen LogP contribution in [0.25, 0.3) is 69.6 Å². The summed E-state index contributed by atoms with van der Waals surface area (Å²) in [5.74, 6) is -0.717. The Morgan fingerprint density at radius 2 is 0.744 bits per heavy atom. The SMILES string of the molecule is CN(C)CC(=O)NC1=NC(=O)/C(=C/c2ccc(-c3ccccc3[N+](=O)[O-])o2)S1.CN1CCN(CC(=O)NC2=NC(=O)/C(=C/c3ccc(-c4ccccc4[N+](=O)[O-])o3)S2)CC1.C[C@H](NC(=O)OC(C)(C)C)C(=O)NC1=NC(=O)/C(=C/c2ccc(-c3ccccc3[N+](=O)[O-])o2)S1.O=C(CN1CCCCC1)NC1=NC(=O)/C(=C/c2ccc(-c3ccccc3[N+](=O)[O-])o2)S1. The third-order valence-electron chi connectivity index (χ3n) is 17.9. The minimum atomic E-state index is -0.935. The minimum absolute atomic E-state index is 0.0459. The van der Waals surface area contributed by atoms with E-state index in [2.05, 4.69) is 61.3 Å². The number of nitro groups is 4. The number of benzene rings is 4. The van der Waals surface area contributed by atoms with Crippen molar-refractivity contribution in [3.8, 4) is 45.3 Å². The first-order chi connectivity index (χ1) is 59.6. The highest BCUT2D eigenvalue weighted by atomic mass is 32.2. The highest BCUT2D eigenvalue weighted by Crippen LogP contribution is 2.39. The molecule has 0 saturated carbocycles. The first kappa shape index (κ1) is 92.0. The van der Waals surface area contributed by atoms with Gasteiger partial charge < -0.3 is 58.8 Å². The maximum absolute atomic E-state index is 12.3. The van der Waals surface area contributed by atoms with Crippen LogP contribution in [-0.2, 0) is 43.1 Å². The topological polar surface area (TPSA) is 511 Å². The van der Waals surface area contributed by atoms with Crippen LogP contribution in [0.1, 0.15) is 70.0 Å². The molecule has 0 spiro atoms. The van der Waals surface area contributed by atoms with Crippen molar-refractivity contribution in [1.29, 1.82) is 0 Å². The summed E-state index contributed by atoms with van der Waals surface area (Å²) < 4.78 is 27.8. The van der Waals surface area contributed by atoms with E-state index >= 15 is 0 Å². The smallest absolute Gasteiger partial charge is 0.408 e. The zero-order valence-corrected chi connectivity index (χ0v) is 71.0. The fourth-order valence-corrected chi connectivity index (χ4v) is 15.3. The highest BCUT2D eigenvalue weighted by molar-refractivity contribution is 8.19. The van der Waals surface area contributed by atoms with Gasteiger partial charge in [-0.15, -0.1) is 0 Å². The third-order valence-corrected chi connectivity index (χ3v) is 21.5. The number of piperazine rings is 1. The second-order valence-electron chi connectivity index (χ2n) is 28.9. The van der Waals surface area contributed by atoms with E-state index in [1.807, 2.05) is 7.05 Å². The molecular weight excluding hydrogens is 1700 g/mol. The van der Waals surface area contributed by atoms with Crippen molar-refractivity contribution in [3.05, 3.63) is 229 Å². The van der Waals surface area contributed by atoms with E-state index in [4.69, 9.17) is 22.4 Å². The van der Waals surface area contributed by atoms with Crippen molar-refractivity contribution in [2.75, 3.05) is 80.0 Å². The molecule has 2 fully saturated rings. The Hall–Kier alpha value is -13.7. The number of amidine groups is 4. The first-order valence-corrected chi connectivity index (χ1v) is 41.3. The minimum Gasteiger partial charge on any atom is -0.456 e. The lowest BCUT2D eigenvalue weighted by Crippen LogP contribution is -2.48. The summed E-state index contributed by atoms with van der Waals surface area (Å²) in [7, 11) is 5.56. The van der Waals surface area contributed by atoms with Gasteiger partial charge in [0.15, 0.2) is 20.7 Å². The largest absolute Gasteiger partial charge is 0.456 e. The van der Waals surface area contributed by atoms with E-state index in [1.165, 1.54) is 61.9 Å². The maximum atomic E-state index is 12.3. The number of likely N-dealkylation sites (N-methyl/N-ethyl adjacent to an activating group) is 2. The molecule has 6 aliphatic heterocycles. The second kappa shape index (κ2) is 42.4. The lowest BCUT2D eigenvalue weighted by Gasteiger charge is -2.31. The predicted molar refractivity (Wildman–Crippen MR) is 469 cm³/mol. The number of ether oxygens (including phenoxy) is 1. The summed E-state index contributed by atoms with van der Waals surface area (Å²) in [6, 6.07) is 36.8. The van der Waals surface area contributed by atoms with Crippen LogP contribution in [0.3, 0.4) is 0 Å². The number of hydrogen-bond donors (Lipinski definition) is 5. The number of carbonyl (C=O) groups excluding carboxylic acids is 9. The molecule has 1 atom stereocenters. The Morgan fingerprint density at radius 1 is 0.448 bits per heavy atom. The highest BCUT2D eigenvalue weighted by Gasteiger charge is 2.32. The van der Waals surface area contributed by atoms with E-state index in [0.29, 0.717) is 66.6 Å². The Kier molecular flexibility index (Phi) is 31.2. The van der Waals surface area contributed by atoms with Gasteiger partial charge in [-0.05, 0) is 195 Å². The predicted octanol–water partition coefficient (Wildman–Crippen LogP) is 12.0. The van der Waals surface area contributed by atoms with Crippen molar-refractivity contribution in [2.24, 2.45) is 20.0 Å². The number of para-hydroxylation sites is 4. The normalized spacial score (nSPS) is 17.0. The first-order valence-electron chi connectivity index (χ1n) is 38.1. The van der Waals surface area contributed by atoms with Gasteiger partial charge >= 0.3 is 6.09 Å². The Balaban J connectivity index is 0.000000162. The number of thioether (sulfide) groups is 4. The monoisotopic (exact) mass is 1780 g/mol. The fourth-order valence-electron chi connectivity index (χ4n) is 12.1. The van der Waals surface area contributed by atoms with Gasteiger partial charge in [0.2, 0.25) is 23.6 Å². The molecule has 0 bridgehead atoms. The number of nitro benzene ring substituents is 4. The molecule has 0 unspecified atom stereocenters. The molecule has 10 heterocycles. The van der Waals surface area contributed by atoms with Crippen LogP contribution >= 0.6 is 47.0 Å². The molecule has 648 valence electrons. The number of nitrogens with zero attached hydrogens (tertiary/aromatic N) is 12. The average Bonchev–Trinajstić information content (AvgIpc) is 1.62. The lowest BCUT2D eigenvalue weighted by atomic mass is 10.1. The molecule has 39 nitrogen and oxygen atoms in total. The van der Waals surface area contributed by atoms with Gasteiger partial charge in [-0.3, -0.25) is 88.6 Å². The molecule has 43 heteroatoms. The van der Waals surface area contributed by atoms with E-state index < -0.39 is 67.0 Å². The van der Waals surface area contributed by atoms with Crippen LogP contribution in [0.5, 0.6) is 0 Å². The number of rotatable bonds is 20. The number of furan rings is 4. The molecule has 125 heavy (non-hydrogen) atoms. The zero-order valence-electron chi connectivity index (χ0n) is 67.7. The molecule has 14 rings (SSSR count). The summed E-state index contributed by atoms with van der Waals surface area (Å²) in [6.45, 7) is 12.5. The standard InChI is InChI=1S/C22H22N4O7S.C21H21N5O5S.C21H20N4O5S.C18H16N4O5S/c1-12(23-21(29)33-22(2,3)4)18(27)24-20-25-19(28)17(34-20)11-13-9-10-16(32-13)14-7-5-6-8-15(14)26(30)31;1-24-8-10-25(11-9-24)13-19(27)22-21-23-20(28)18(32-21)12-14-6-7-17(31-14)15-4-2-3-5-16(15)26(29)30;26-19(13-24-10-4-1-5-11-24)22-21-23-20(27)18(31-21)12-14-8-9-17(30-14)15-6-2-3-7-16(15)25(28)29;1-21(2)10-16(23)19-18-20-17(24)15(28-18)9-11-7-8-14(27-11)12-5-3-4-6-13(12)22(25)26/h5-12H,1-4H3,(H,23,29)(H,24,25,27,28);2-7,12H,8-11,13H2,1H3,(H,22,23,27,28);2-3,6-9,12H,1,4-5,10-11,13H2,(H,22,23,26,27);3-9H,10H2,1-2H3,(H,19,20,23,24)/b17-11-;2*18-12-;15-9-/t12-;;;/m0.../s1. The molecule has 8 aromatic rings. The summed E-state index contributed by atoms with van der Waals surface area (Å²) in [4.78, 5) is 177. The maximum Gasteiger partial charge on any atom is 0.408 e. The number of nitrogens with one attached hydrogen (secondary N) is 5. The Bertz CT molecular complexity index is 5810. The van der Waals surface area contributed by atoms with Crippen molar-refractivity contribution in [1.82, 2.24) is 46.2 Å². The van der Waals surface area contributed by atoms with E-state index in [-0.39, 0.29) is 102 Å². The molecule has 6 aliphatic rings. The van der Waals surface area contributed by atoms with Crippen LogP contribution in [0.15, 0.2) is 203 Å². The van der Waals surface area contributed by atoms with Gasteiger partial charge in [0.1, 0.15) is 57.7 Å². The van der Waals surface area contributed by atoms with Crippen molar-refractivity contribution >= 4 is 168 Å². The third kappa shape index (κ3) is 26.4. The average molecular weight is 1780 g/mol. The number of amides is 9. The molecule has 2 saturated heterocycles. The molecule has 9 amide bonds. The lowest BCUT2D eigenvalue weighted by molar-refractivity contribution is -0.384. The van der Waals surface area contributed by atoms with Gasteiger partial charge in [0, 0.05) is 74.7 Å². The molecule has 4 aromatic heterocycles. The van der Waals surface area contributed by atoms with Crippen LogP contribution < -0.4 is 26.6 Å². The number of alkyl carbamates (subject to hydrolysis) is 1. The van der Waals surface area contributed by atoms with Crippen molar-refractivity contribution in [3.63, 3.8) is 0 Å². The fraction of sp³-hybridized carbons (Fsp3) is 0.256. The molecular formula is C82H79N17O22S4. The molecule has 5 N–H and O–H groups in total. The zero-order chi connectivity index (χ0) is 89.8. The summed E-state index contributed by atoms with van der Waals surface area (Å²) >= 11 is 4.06. The Morgan fingerprint density at radius 3 is 1.05 bits per heavy atom.